The maximum absolute atomic E-state index is 14.9. The minimum atomic E-state index is -0.294. The number of likely N-dealkylation sites (N-methyl/N-ethyl adjacent to an activating group) is 1. The highest BCUT2D eigenvalue weighted by molar-refractivity contribution is 5.97. The summed E-state index contributed by atoms with van der Waals surface area (Å²) in [5, 5.41) is 12.2. The van der Waals surface area contributed by atoms with Gasteiger partial charge in [0.25, 0.3) is 5.91 Å². The van der Waals surface area contributed by atoms with Gasteiger partial charge in [-0.1, -0.05) is 0 Å². The molecule has 0 bridgehead atoms. The molecular formula is C30H36FN7O. The van der Waals surface area contributed by atoms with Crippen LogP contribution in [0.25, 0.3) is 22.4 Å². The van der Waals surface area contributed by atoms with Crippen LogP contribution in [0.4, 0.5) is 10.1 Å². The highest BCUT2D eigenvalue weighted by Crippen LogP contribution is 2.31. The molecule has 0 spiro atoms. The number of hydrogen-bond acceptors (Lipinski definition) is 5. The predicted molar refractivity (Wildman–Crippen MR) is 152 cm³/mol. The van der Waals surface area contributed by atoms with Gasteiger partial charge in [0.15, 0.2) is 0 Å². The fraction of sp³-hybridized carbons (Fsp3) is 0.367. The van der Waals surface area contributed by atoms with E-state index in [0.29, 0.717) is 16.8 Å². The molecule has 1 amide bonds. The maximum Gasteiger partial charge on any atom is 0.252 e. The normalized spacial score (nSPS) is 15.0. The Morgan fingerprint density at radius 1 is 1.05 bits per heavy atom. The van der Waals surface area contributed by atoms with E-state index in [1.54, 1.807) is 17.7 Å². The molecule has 1 atom stereocenters. The smallest absolute Gasteiger partial charge is 0.252 e. The lowest BCUT2D eigenvalue weighted by Crippen LogP contribution is -2.45. The Bertz CT molecular complexity index is 1480. The first-order valence-corrected chi connectivity index (χ1v) is 13.4. The van der Waals surface area contributed by atoms with Gasteiger partial charge in [0.05, 0.1) is 23.6 Å². The van der Waals surface area contributed by atoms with E-state index in [9.17, 15) is 9.18 Å². The minimum Gasteiger partial charge on any atom is -0.367 e. The summed E-state index contributed by atoms with van der Waals surface area (Å²) in [7, 11) is 3.95. The van der Waals surface area contributed by atoms with Gasteiger partial charge in [0.2, 0.25) is 0 Å². The lowest BCUT2D eigenvalue weighted by atomic mass is 9.96. The predicted octanol–water partition coefficient (Wildman–Crippen LogP) is 4.66. The zero-order valence-corrected chi connectivity index (χ0v) is 23.3. The van der Waals surface area contributed by atoms with Gasteiger partial charge in [-0.15, -0.1) is 0 Å². The second-order valence-corrected chi connectivity index (χ2v) is 10.4. The number of hydrogen-bond donors (Lipinski definition) is 1. The third-order valence-corrected chi connectivity index (χ3v) is 7.48. The number of piperazine rings is 1. The van der Waals surface area contributed by atoms with Crippen LogP contribution in [-0.2, 0) is 13.6 Å². The Morgan fingerprint density at radius 2 is 1.79 bits per heavy atom. The topological polar surface area (TPSA) is 71.2 Å². The van der Waals surface area contributed by atoms with Crippen LogP contribution < -0.4 is 10.2 Å². The van der Waals surface area contributed by atoms with E-state index in [0.717, 1.165) is 60.7 Å². The number of amides is 1. The maximum atomic E-state index is 14.9. The van der Waals surface area contributed by atoms with Gasteiger partial charge in [0.1, 0.15) is 5.82 Å². The third kappa shape index (κ3) is 5.73. The number of carbonyl (C=O) groups excluding carboxylic acids is 1. The van der Waals surface area contributed by atoms with Crippen molar-refractivity contribution in [1.29, 1.82) is 0 Å². The van der Waals surface area contributed by atoms with Crippen molar-refractivity contribution in [2.45, 2.75) is 33.4 Å². The quantitative estimate of drug-likeness (QED) is 0.377. The molecule has 1 saturated heterocycles. The molecule has 0 radical (unpaired) electrons. The fourth-order valence-corrected chi connectivity index (χ4v) is 5.03. The van der Waals surface area contributed by atoms with E-state index in [1.807, 2.05) is 48.2 Å². The summed E-state index contributed by atoms with van der Waals surface area (Å²) in [6, 6.07) is 11.1. The summed E-state index contributed by atoms with van der Waals surface area (Å²) < 4.78 is 18.6. The molecule has 0 unspecified atom stereocenters. The van der Waals surface area contributed by atoms with Gasteiger partial charge in [0, 0.05) is 68.9 Å². The van der Waals surface area contributed by atoms with Crippen LogP contribution in [0.2, 0.25) is 0 Å². The Balaban J connectivity index is 1.44. The van der Waals surface area contributed by atoms with Crippen LogP contribution in [0.5, 0.6) is 0 Å². The first-order valence-electron chi connectivity index (χ1n) is 13.4. The summed E-state index contributed by atoms with van der Waals surface area (Å²) in [5.74, 6) is -0.513. The molecule has 0 saturated carbocycles. The van der Waals surface area contributed by atoms with E-state index in [2.05, 4.69) is 47.5 Å². The zero-order valence-electron chi connectivity index (χ0n) is 23.3. The molecule has 9 heteroatoms. The van der Waals surface area contributed by atoms with Crippen LogP contribution in [0.1, 0.15) is 41.4 Å². The summed E-state index contributed by atoms with van der Waals surface area (Å²) >= 11 is 0. The molecule has 1 aliphatic rings. The van der Waals surface area contributed by atoms with Crippen molar-refractivity contribution < 1.29 is 9.18 Å². The minimum absolute atomic E-state index is 0.223. The van der Waals surface area contributed by atoms with Crippen LogP contribution in [0.15, 0.2) is 55.0 Å². The van der Waals surface area contributed by atoms with Gasteiger partial charge in [-0.25, -0.2) is 4.39 Å². The number of halogens is 1. The Kier molecular flexibility index (Phi) is 7.52. The van der Waals surface area contributed by atoms with Crippen LogP contribution in [0.3, 0.4) is 0 Å². The number of carbonyl (C=O) groups is 1. The largest absolute Gasteiger partial charge is 0.367 e. The summed E-state index contributed by atoms with van der Waals surface area (Å²) in [6.07, 6.45) is 5.77. The van der Waals surface area contributed by atoms with Gasteiger partial charge in [-0.05, 0) is 80.9 Å². The third-order valence-electron chi connectivity index (χ3n) is 7.48. The molecule has 1 N–H and O–H groups in total. The highest BCUT2D eigenvalue weighted by Gasteiger charge is 2.22. The molecule has 204 valence electrons. The Morgan fingerprint density at radius 3 is 2.46 bits per heavy atom. The van der Waals surface area contributed by atoms with E-state index >= 15 is 0 Å². The molecule has 2 aromatic carbocycles. The molecule has 1 aliphatic heterocycles. The van der Waals surface area contributed by atoms with Crippen molar-refractivity contribution in [3.05, 3.63) is 77.5 Å². The van der Waals surface area contributed by atoms with Crippen molar-refractivity contribution in [3.63, 3.8) is 0 Å². The van der Waals surface area contributed by atoms with Crippen molar-refractivity contribution in [2.75, 3.05) is 38.1 Å². The number of aryl methyl sites for hydroxylation is 3. The second kappa shape index (κ2) is 11.0. The number of nitrogens with zero attached hydrogens (tertiary/aromatic N) is 6. The number of anilines is 1. The fourth-order valence-electron chi connectivity index (χ4n) is 5.03. The zero-order chi connectivity index (χ0) is 27.7. The summed E-state index contributed by atoms with van der Waals surface area (Å²) in [5.41, 5.74) is 6.36. The SMILES string of the molecule is CCn1ccc(-c2cc(-c3cnn(C)c3)cc([C@@H](C)NC(=O)c3cc(N4CCN(C)CC4)c(F)cc3C)c2)n1. The number of rotatable bonds is 7. The van der Waals surface area contributed by atoms with Crippen molar-refractivity contribution >= 4 is 11.6 Å². The Hall–Kier alpha value is -3.98. The average Bonchev–Trinajstić information content (AvgIpc) is 3.58. The van der Waals surface area contributed by atoms with Crippen molar-refractivity contribution in [2.24, 2.45) is 7.05 Å². The molecular weight excluding hydrogens is 493 g/mol. The summed E-state index contributed by atoms with van der Waals surface area (Å²) in [6.45, 7) is 9.76. The van der Waals surface area contributed by atoms with E-state index in [-0.39, 0.29) is 17.8 Å². The lowest BCUT2D eigenvalue weighted by Gasteiger charge is -2.34. The Labute approximate surface area is 229 Å². The van der Waals surface area contributed by atoms with E-state index in [4.69, 9.17) is 5.10 Å². The average molecular weight is 530 g/mol. The standard InChI is InChI=1S/C30H36FN7O/c1-6-38-8-7-28(34-38)24-15-22(14-23(16-24)25-18-32-36(5)19-25)21(3)33-30(39)26-17-29(27(31)13-20(26)2)37-11-9-35(4)10-12-37/h7-8,13-19,21H,6,9-12H2,1-5H3,(H,33,39)/t21-/m1/s1. The van der Waals surface area contributed by atoms with Crippen molar-refractivity contribution in [3.8, 4) is 22.4 Å². The molecule has 5 rings (SSSR count). The monoisotopic (exact) mass is 529 g/mol. The molecule has 0 aliphatic carbocycles. The highest BCUT2D eigenvalue weighted by atomic mass is 19.1. The molecule has 4 aromatic rings. The summed E-state index contributed by atoms with van der Waals surface area (Å²) in [4.78, 5) is 17.8. The van der Waals surface area contributed by atoms with Crippen LogP contribution in [-0.4, -0.2) is 63.6 Å². The first-order chi connectivity index (χ1) is 18.7. The van der Waals surface area contributed by atoms with Crippen LogP contribution >= 0.6 is 0 Å². The van der Waals surface area contributed by atoms with E-state index in [1.165, 1.54) is 6.07 Å². The molecule has 2 aromatic heterocycles. The molecule has 1 fully saturated rings. The van der Waals surface area contributed by atoms with E-state index < -0.39 is 0 Å². The lowest BCUT2D eigenvalue weighted by molar-refractivity contribution is 0.0939. The van der Waals surface area contributed by atoms with Crippen molar-refractivity contribution in [1.82, 2.24) is 29.8 Å². The van der Waals surface area contributed by atoms with Gasteiger partial charge >= 0.3 is 0 Å². The van der Waals surface area contributed by atoms with Gasteiger partial charge < -0.3 is 15.1 Å². The number of benzene rings is 2. The second-order valence-electron chi connectivity index (χ2n) is 10.4. The van der Waals surface area contributed by atoms with Gasteiger partial charge in [-0.2, -0.15) is 10.2 Å². The molecule has 3 heterocycles. The molecule has 39 heavy (non-hydrogen) atoms. The number of aromatic nitrogens is 4. The first kappa shape index (κ1) is 26.6. The molecule has 8 nitrogen and oxygen atoms in total. The van der Waals surface area contributed by atoms with Gasteiger partial charge in [-0.3, -0.25) is 14.2 Å². The van der Waals surface area contributed by atoms with Crippen LogP contribution in [0, 0.1) is 12.7 Å². The number of nitrogens with one attached hydrogen (secondary N) is 1.